The number of benzene rings is 15. The molecule has 0 aliphatic heterocycles. The summed E-state index contributed by atoms with van der Waals surface area (Å²) in [5, 5.41) is 14.4. The van der Waals surface area contributed by atoms with Gasteiger partial charge in [-0.25, -0.2) is 9.97 Å². The van der Waals surface area contributed by atoms with Crippen LogP contribution in [0.1, 0.15) is 0 Å². The SMILES string of the molecule is c1ccc(-n2c3ccccc3c3cc(-c4ccc5c(c4)c4ccccc4n5-c4cccc(-c5nc(-c6cccc7c(-n8c9ccccc9c9cc(-c%10ccc%11c(c%10)c%10ccccc%10n%11-c%10ccccc%10)ccc98)cccc67)nc6c5-c5cccc7cccc-6c57)c4)ccc32)cc1. The Labute approximate surface area is 551 Å². The van der Waals surface area contributed by atoms with Crippen molar-refractivity contribution >= 4 is 109 Å². The second-order valence-electron chi connectivity index (χ2n) is 25.6. The zero-order valence-corrected chi connectivity index (χ0v) is 51.9. The van der Waals surface area contributed by atoms with Crippen LogP contribution in [0, 0.1) is 0 Å². The van der Waals surface area contributed by atoms with E-state index in [0.717, 1.165) is 94.8 Å². The van der Waals surface area contributed by atoms with Gasteiger partial charge in [-0.15, -0.1) is 0 Å². The highest BCUT2D eigenvalue weighted by Crippen LogP contribution is 2.52. The zero-order chi connectivity index (χ0) is 62.7. The molecule has 444 valence electrons. The molecule has 20 aromatic rings. The summed E-state index contributed by atoms with van der Waals surface area (Å²) >= 11 is 0. The molecule has 6 nitrogen and oxygen atoms in total. The summed E-state index contributed by atoms with van der Waals surface area (Å²) in [6.07, 6.45) is 0. The van der Waals surface area contributed by atoms with Crippen molar-refractivity contribution in [1.29, 1.82) is 0 Å². The maximum absolute atomic E-state index is 5.81. The third-order valence-electron chi connectivity index (χ3n) is 20.5. The summed E-state index contributed by atoms with van der Waals surface area (Å²) in [5.41, 5.74) is 25.7. The van der Waals surface area contributed by atoms with Crippen LogP contribution in [-0.2, 0) is 0 Å². The molecule has 0 fully saturated rings. The third-order valence-corrected chi connectivity index (χ3v) is 20.5. The average molecular weight is 1220 g/mol. The number of hydrogen-bond acceptors (Lipinski definition) is 2. The molecule has 5 heterocycles. The maximum Gasteiger partial charge on any atom is 0.161 e. The van der Waals surface area contributed by atoms with Gasteiger partial charge < -0.3 is 18.3 Å². The lowest BCUT2D eigenvalue weighted by molar-refractivity contribution is 1.17. The van der Waals surface area contributed by atoms with Gasteiger partial charge in [-0.3, -0.25) is 0 Å². The van der Waals surface area contributed by atoms with Gasteiger partial charge in [0.2, 0.25) is 0 Å². The molecule has 0 unspecified atom stereocenters. The minimum Gasteiger partial charge on any atom is -0.309 e. The lowest BCUT2D eigenvalue weighted by Gasteiger charge is -2.16. The van der Waals surface area contributed by atoms with E-state index in [-0.39, 0.29) is 0 Å². The fourth-order valence-corrected chi connectivity index (χ4v) is 16.3. The Morgan fingerprint density at radius 2 is 0.583 bits per heavy atom. The molecule has 5 aromatic heterocycles. The third kappa shape index (κ3) is 7.63. The Morgan fingerprint density at radius 3 is 1.11 bits per heavy atom. The fraction of sp³-hybridized carbons (Fsp3) is 0. The van der Waals surface area contributed by atoms with Crippen molar-refractivity contribution in [2.24, 2.45) is 0 Å². The Kier molecular flexibility index (Phi) is 11.1. The van der Waals surface area contributed by atoms with Crippen LogP contribution in [0.3, 0.4) is 0 Å². The van der Waals surface area contributed by atoms with E-state index >= 15 is 0 Å². The van der Waals surface area contributed by atoms with Crippen LogP contribution in [0.2, 0.25) is 0 Å². The van der Waals surface area contributed by atoms with E-state index < -0.39 is 0 Å². The van der Waals surface area contributed by atoms with Crippen LogP contribution < -0.4 is 0 Å². The number of nitrogens with zero attached hydrogens (tertiary/aromatic N) is 6. The van der Waals surface area contributed by atoms with Crippen molar-refractivity contribution in [3.63, 3.8) is 0 Å². The maximum atomic E-state index is 5.81. The minimum absolute atomic E-state index is 0.685. The van der Waals surface area contributed by atoms with E-state index in [1.54, 1.807) is 0 Å². The van der Waals surface area contributed by atoms with Crippen molar-refractivity contribution in [1.82, 2.24) is 28.2 Å². The quantitative estimate of drug-likeness (QED) is 0.152. The van der Waals surface area contributed by atoms with E-state index in [1.807, 2.05) is 0 Å². The predicted octanol–water partition coefficient (Wildman–Crippen LogP) is 23.5. The minimum atomic E-state index is 0.685. The monoisotopic (exact) mass is 1220 g/mol. The molecule has 0 amide bonds. The second-order valence-corrected chi connectivity index (χ2v) is 25.6. The second kappa shape index (κ2) is 20.3. The smallest absolute Gasteiger partial charge is 0.161 e. The number of para-hydroxylation sites is 6. The summed E-state index contributed by atoms with van der Waals surface area (Å²) in [6.45, 7) is 0. The molecule has 96 heavy (non-hydrogen) atoms. The van der Waals surface area contributed by atoms with E-state index in [2.05, 4.69) is 346 Å². The molecular formula is C90H54N6. The molecule has 0 saturated carbocycles. The molecule has 0 saturated heterocycles. The lowest BCUT2D eigenvalue weighted by atomic mass is 9.98. The van der Waals surface area contributed by atoms with Crippen LogP contribution in [0.5, 0.6) is 0 Å². The molecule has 6 heteroatoms. The number of rotatable bonds is 8. The van der Waals surface area contributed by atoms with Gasteiger partial charge in [0.1, 0.15) is 0 Å². The van der Waals surface area contributed by atoms with Gasteiger partial charge in [0.15, 0.2) is 5.82 Å². The van der Waals surface area contributed by atoms with Crippen LogP contribution in [0.4, 0.5) is 0 Å². The van der Waals surface area contributed by atoms with Gasteiger partial charge in [0.05, 0.1) is 61.2 Å². The van der Waals surface area contributed by atoms with Crippen molar-refractivity contribution < 1.29 is 0 Å². The number of aromatic nitrogens is 6. The first-order valence-electron chi connectivity index (χ1n) is 33.0. The van der Waals surface area contributed by atoms with Crippen molar-refractivity contribution in [3.8, 4) is 90.0 Å². The van der Waals surface area contributed by atoms with Gasteiger partial charge in [0.25, 0.3) is 0 Å². The molecule has 0 N–H and O–H groups in total. The van der Waals surface area contributed by atoms with E-state index in [1.165, 1.54) is 98.2 Å². The molecule has 21 rings (SSSR count). The van der Waals surface area contributed by atoms with E-state index in [0.29, 0.717) is 5.82 Å². The molecule has 0 spiro atoms. The Hall–Kier alpha value is -12.9. The van der Waals surface area contributed by atoms with Crippen molar-refractivity contribution in [2.75, 3.05) is 0 Å². The fourth-order valence-electron chi connectivity index (χ4n) is 16.3. The highest BCUT2D eigenvalue weighted by molar-refractivity contribution is 6.19. The predicted molar refractivity (Wildman–Crippen MR) is 401 cm³/mol. The summed E-state index contributed by atoms with van der Waals surface area (Å²) in [4.78, 5) is 11.5. The molecule has 1 aliphatic carbocycles. The van der Waals surface area contributed by atoms with Crippen LogP contribution in [-0.4, -0.2) is 28.2 Å². The zero-order valence-electron chi connectivity index (χ0n) is 51.9. The molecule has 1 aliphatic rings. The largest absolute Gasteiger partial charge is 0.309 e. The normalized spacial score (nSPS) is 12.2. The number of hydrogen-bond donors (Lipinski definition) is 0. The Balaban J connectivity index is 0.699. The van der Waals surface area contributed by atoms with Crippen LogP contribution in [0.25, 0.3) is 199 Å². The first-order chi connectivity index (χ1) is 47.6. The highest BCUT2D eigenvalue weighted by atomic mass is 15.0. The van der Waals surface area contributed by atoms with Gasteiger partial charge in [-0.2, -0.15) is 0 Å². The Morgan fingerprint density at radius 1 is 0.208 bits per heavy atom. The first kappa shape index (κ1) is 52.7. The van der Waals surface area contributed by atoms with E-state index in [4.69, 9.17) is 9.97 Å². The average Bonchev–Trinajstić information content (AvgIpc) is 1.52. The van der Waals surface area contributed by atoms with Crippen molar-refractivity contribution in [2.45, 2.75) is 0 Å². The Bertz CT molecular complexity index is 6690. The summed E-state index contributed by atoms with van der Waals surface area (Å²) in [7, 11) is 0. The summed E-state index contributed by atoms with van der Waals surface area (Å²) in [6, 6.07) is 120. The first-order valence-corrected chi connectivity index (χ1v) is 33.0. The highest BCUT2D eigenvalue weighted by Gasteiger charge is 2.30. The standard InChI is InChI=1S/C90H54N6/c1-3-23-61(24-4-1)93-77-37-11-7-28-66(77)73-51-56(42-46-82(73)93)58-44-48-84-75(53-58)68-30-9-13-39-79(68)95(84)63-27-15-22-60(50-63)88-87-71-35-16-20-55-21-17-36-72(86(55)71)89(87)92-90(91-88)70-34-18-33-65-64(70)32-19-41-81(65)96-80-40-14-10-31-69(80)76-54-59(45-49-85(76)96)57-43-47-83-74(52-57)67-29-8-12-38-78(67)94(83)62-25-5-2-6-26-62/h1-54H. The van der Waals surface area contributed by atoms with Crippen LogP contribution >= 0.6 is 0 Å². The summed E-state index contributed by atoms with van der Waals surface area (Å²) < 4.78 is 9.65. The van der Waals surface area contributed by atoms with Gasteiger partial charge in [-0.05, 0) is 159 Å². The molecular weight excluding hydrogens is 1170 g/mol. The van der Waals surface area contributed by atoms with Gasteiger partial charge in [0, 0.05) is 87.8 Å². The molecule has 15 aromatic carbocycles. The number of fused-ring (bicyclic) bond motifs is 16. The van der Waals surface area contributed by atoms with Gasteiger partial charge in [-0.1, -0.05) is 212 Å². The lowest BCUT2D eigenvalue weighted by Crippen LogP contribution is -2.00. The molecule has 0 radical (unpaired) electrons. The van der Waals surface area contributed by atoms with E-state index in [9.17, 15) is 0 Å². The van der Waals surface area contributed by atoms with Crippen molar-refractivity contribution in [3.05, 3.63) is 328 Å². The molecule has 0 atom stereocenters. The topological polar surface area (TPSA) is 45.5 Å². The van der Waals surface area contributed by atoms with Gasteiger partial charge >= 0.3 is 0 Å². The summed E-state index contributed by atoms with van der Waals surface area (Å²) in [5.74, 6) is 0.685. The molecule has 0 bridgehead atoms. The van der Waals surface area contributed by atoms with Crippen LogP contribution in [0.15, 0.2) is 328 Å².